The number of aromatic hydroxyl groups is 3. The van der Waals surface area contributed by atoms with Crippen LogP contribution in [0.25, 0.3) is 5.76 Å². The molecule has 3 aromatic carbocycles. The number of aliphatic hydroxyl groups is 4. The molecule has 6 rings (SSSR count). The van der Waals surface area contributed by atoms with Crippen LogP contribution in [0.4, 0.5) is 0 Å². The van der Waals surface area contributed by atoms with Crippen molar-refractivity contribution in [1.82, 2.24) is 4.90 Å². The average molecular weight is 732 g/mol. The zero-order valence-electron chi connectivity index (χ0n) is 26.9. The summed E-state index contributed by atoms with van der Waals surface area (Å²) in [4.78, 5) is 40.0. The van der Waals surface area contributed by atoms with Crippen molar-refractivity contribution in [2.75, 3.05) is 14.1 Å². The second-order valence-corrected chi connectivity index (χ2v) is 13.4. The number of fused-ring (bicyclic) bond motifs is 3. The van der Waals surface area contributed by atoms with Crippen LogP contribution in [0, 0.1) is 11.8 Å². The highest BCUT2D eigenvalue weighted by Crippen LogP contribution is 2.56. The molecule has 0 bridgehead atoms. The number of carbonyl (C=O) groups is 3. The Balaban J connectivity index is 0.000000264. The molecule has 1 saturated carbocycles. The smallest absolute Gasteiger partial charge is 0.255 e. The number of nitrogens with two attached hydrogens (primary N) is 1. The number of hydrogen-bond acceptors (Lipinski definition) is 11. The van der Waals surface area contributed by atoms with E-state index in [1.807, 2.05) is 0 Å². The van der Waals surface area contributed by atoms with Crippen LogP contribution < -0.4 is 5.73 Å². The molecule has 50 heavy (non-hydrogen) atoms. The van der Waals surface area contributed by atoms with Crippen LogP contribution in [0.15, 0.2) is 71.5 Å². The van der Waals surface area contributed by atoms with Crippen molar-refractivity contribution in [2.45, 2.75) is 37.0 Å². The third kappa shape index (κ3) is 6.06. The SMILES string of the molecule is C[C@H]1c2cccc(O)c2C(O)=C2C(=O)[C@]3(O)C(O)=C(C(N)=O)C(=O)[C@@H](N(C)C)[C@@H]3[C@@H](O)[C@@H]21.O.Oc1ccc(Cl)cc1Cc1cc(Cl)ccc1O. The number of aliphatic hydroxyl groups excluding tert-OH is 3. The molecule has 266 valence electrons. The van der Waals surface area contributed by atoms with E-state index in [1.165, 1.54) is 37.2 Å². The van der Waals surface area contributed by atoms with Crippen LogP contribution in [0.3, 0.4) is 0 Å². The second-order valence-electron chi connectivity index (χ2n) is 12.5. The Hall–Kier alpha value is -4.63. The zero-order chi connectivity index (χ0) is 36.3. The van der Waals surface area contributed by atoms with Gasteiger partial charge in [-0.1, -0.05) is 42.3 Å². The number of amides is 1. The van der Waals surface area contributed by atoms with Crippen molar-refractivity contribution in [2.24, 2.45) is 17.6 Å². The standard InChI is InChI=1S/C22H24N2O8.C13H10Cl2O2.H2O/c1-7-8-5-4-6-9(25)11(8)16(26)12-10(7)17(27)14-15(24(2)3)18(28)13(21(23)31)20(30)22(14,32)19(12)29;14-10-1-3-12(16)8(6-10)5-9-7-11(15)2-4-13(9)17;/h4-7,10,14-15,17,25-27,30,32H,1-3H3,(H2,23,31);1-4,6-7,16-17H,5H2;1H2/t7-,10+,14+,15-,17-,22-;;/m0../s1. The quantitative estimate of drug-likeness (QED) is 0.181. The lowest BCUT2D eigenvalue weighted by molar-refractivity contribution is -0.169. The fraction of sp³-hybridized carbons (Fsp3) is 0.286. The minimum Gasteiger partial charge on any atom is -0.508 e. The van der Waals surface area contributed by atoms with Crippen LogP contribution in [0.1, 0.15) is 35.1 Å². The minimum absolute atomic E-state index is 0. The molecule has 6 atom stereocenters. The number of likely N-dealkylation sites (N-methyl/N-ethyl adjacent to an activating group) is 1. The van der Waals surface area contributed by atoms with Crippen molar-refractivity contribution in [3.05, 3.63) is 104 Å². The summed E-state index contributed by atoms with van der Waals surface area (Å²) in [6.45, 7) is 1.68. The molecule has 0 saturated heterocycles. The minimum atomic E-state index is -2.89. The fourth-order valence-electron chi connectivity index (χ4n) is 7.17. The van der Waals surface area contributed by atoms with Crippen LogP contribution in [0.5, 0.6) is 17.2 Å². The number of halogens is 2. The molecule has 11 N–H and O–H groups in total. The van der Waals surface area contributed by atoms with Gasteiger partial charge in [0.25, 0.3) is 5.91 Å². The van der Waals surface area contributed by atoms with Gasteiger partial charge < -0.3 is 47.0 Å². The Morgan fingerprint density at radius 1 is 0.900 bits per heavy atom. The molecule has 1 fully saturated rings. The first kappa shape index (κ1) is 38.2. The maximum absolute atomic E-state index is 13.7. The lowest BCUT2D eigenvalue weighted by Crippen LogP contribution is -2.70. The van der Waals surface area contributed by atoms with E-state index >= 15 is 0 Å². The maximum atomic E-state index is 13.7. The van der Waals surface area contributed by atoms with Gasteiger partial charge >= 0.3 is 0 Å². The van der Waals surface area contributed by atoms with Crippen LogP contribution >= 0.6 is 23.2 Å². The van der Waals surface area contributed by atoms with E-state index in [9.17, 15) is 50.1 Å². The van der Waals surface area contributed by atoms with Gasteiger partial charge in [-0.3, -0.25) is 19.3 Å². The first-order valence-electron chi connectivity index (χ1n) is 15.0. The van der Waals surface area contributed by atoms with Crippen LogP contribution in [-0.2, 0) is 20.8 Å². The molecule has 0 aromatic heterocycles. The van der Waals surface area contributed by atoms with Gasteiger partial charge in [-0.25, -0.2) is 0 Å². The van der Waals surface area contributed by atoms with Gasteiger partial charge in [0.2, 0.25) is 5.78 Å². The van der Waals surface area contributed by atoms with Gasteiger partial charge in [0.05, 0.1) is 23.6 Å². The molecule has 0 radical (unpaired) electrons. The van der Waals surface area contributed by atoms with Crippen molar-refractivity contribution in [3.8, 4) is 17.2 Å². The highest BCUT2D eigenvalue weighted by atomic mass is 35.5. The summed E-state index contributed by atoms with van der Waals surface area (Å²) in [5, 5.41) is 75.3. The third-order valence-electron chi connectivity index (χ3n) is 9.46. The third-order valence-corrected chi connectivity index (χ3v) is 9.93. The summed E-state index contributed by atoms with van der Waals surface area (Å²) >= 11 is 11.7. The first-order valence-corrected chi connectivity index (χ1v) is 15.8. The highest BCUT2D eigenvalue weighted by Gasteiger charge is 2.68. The van der Waals surface area contributed by atoms with Crippen LogP contribution in [0.2, 0.25) is 10.0 Å². The molecular weight excluding hydrogens is 695 g/mol. The van der Waals surface area contributed by atoms with E-state index in [-0.39, 0.29) is 28.3 Å². The molecule has 0 unspecified atom stereocenters. The number of ketones is 2. The summed E-state index contributed by atoms with van der Waals surface area (Å²) < 4.78 is 0. The maximum Gasteiger partial charge on any atom is 0.255 e. The van der Waals surface area contributed by atoms with Crippen molar-refractivity contribution < 1.29 is 55.6 Å². The van der Waals surface area contributed by atoms with Crippen LogP contribution in [-0.4, -0.2) is 95.4 Å². The Morgan fingerprint density at radius 2 is 1.44 bits per heavy atom. The number of rotatable bonds is 4. The Bertz CT molecular complexity index is 1910. The number of phenols is 3. The normalized spacial score (nSPS) is 25.6. The lowest BCUT2D eigenvalue weighted by atomic mass is 9.54. The molecular formula is C35H36Cl2N2O11. The van der Waals surface area contributed by atoms with Gasteiger partial charge in [-0.2, -0.15) is 0 Å². The van der Waals surface area contributed by atoms with E-state index in [2.05, 4.69) is 0 Å². The molecule has 13 nitrogen and oxygen atoms in total. The molecule has 1 amide bonds. The molecule has 3 aliphatic rings. The Morgan fingerprint density at radius 3 is 1.94 bits per heavy atom. The van der Waals surface area contributed by atoms with Gasteiger partial charge in [0.15, 0.2) is 11.4 Å². The average Bonchev–Trinajstić information content (AvgIpc) is 3.02. The molecule has 0 heterocycles. The summed E-state index contributed by atoms with van der Waals surface area (Å²) in [6.07, 6.45) is -1.22. The van der Waals surface area contributed by atoms with Gasteiger partial charge in [-0.15, -0.1) is 0 Å². The van der Waals surface area contributed by atoms with Crippen molar-refractivity contribution in [3.63, 3.8) is 0 Å². The lowest BCUT2D eigenvalue weighted by Gasteiger charge is -2.53. The summed E-state index contributed by atoms with van der Waals surface area (Å²) in [5.74, 6) is -8.57. The van der Waals surface area contributed by atoms with Crippen molar-refractivity contribution in [1.29, 1.82) is 0 Å². The highest BCUT2D eigenvalue weighted by molar-refractivity contribution is 6.31. The predicted molar refractivity (Wildman–Crippen MR) is 183 cm³/mol. The summed E-state index contributed by atoms with van der Waals surface area (Å²) in [7, 11) is 2.92. The van der Waals surface area contributed by atoms with E-state index in [1.54, 1.807) is 43.3 Å². The molecule has 0 spiro atoms. The monoisotopic (exact) mass is 730 g/mol. The number of phenolic OH excluding ortho intramolecular Hbond substituents is 3. The molecule has 3 aromatic rings. The van der Waals surface area contributed by atoms with E-state index in [0.717, 1.165) is 0 Å². The fourth-order valence-corrected chi connectivity index (χ4v) is 7.56. The van der Waals surface area contributed by atoms with Gasteiger partial charge in [0, 0.05) is 28.0 Å². The Labute approximate surface area is 296 Å². The molecule has 3 aliphatic carbocycles. The van der Waals surface area contributed by atoms with Crippen molar-refractivity contribution >= 4 is 46.4 Å². The molecule has 15 heteroatoms. The number of primary amides is 1. The first-order chi connectivity index (χ1) is 22.9. The second kappa shape index (κ2) is 13.9. The summed E-state index contributed by atoms with van der Waals surface area (Å²) in [5.41, 5.74) is 2.77. The zero-order valence-corrected chi connectivity index (χ0v) is 28.4. The van der Waals surface area contributed by atoms with E-state index in [4.69, 9.17) is 28.9 Å². The number of hydrogen-bond donors (Lipinski definition) is 8. The number of nitrogens with zero attached hydrogens (tertiary/aromatic N) is 1. The molecule has 0 aliphatic heterocycles. The van der Waals surface area contributed by atoms with E-state index in [0.29, 0.717) is 33.2 Å². The predicted octanol–water partition coefficient (Wildman–Crippen LogP) is 2.67. The van der Waals surface area contributed by atoms with E-state index < -0.39 is 75.6 Å². The van der Waals surface area contributed by atoms with Gasteiger partial charge in [-0.05, 0) is 79.2 Å². The van der Waals surface area contributed by atoms with Gasteiger partial charge in [0.1, 0.15) is 34.3 Å². The number of carbonyl (C=O) groups excluding carboxylic acids is 3. The largest absolute Gasteiger partial charge is 0.508 e. The number of benzene rings is 3. The summed E-state index contributed by atoms with van der Waals surface area (Å²) in [6, 6.07) is 12.7. The Kier molecular flexibility index (Phi) is 10.6. The topological polar surface area (TPSA) is 254 Å². The number of Topliss-reactive ketones (excluding diaryl/α,β-unsaturated/α-hetero) is 2.